The highest BCUT2D eigenvalue weighted by atomic mass is 16.4. The molecule has 3 N–H and O–H groups in total. The maximum Gasteiger partial charge on any atom is 0.325 e. The molecule has 0 amide bonds. The molecule has 3 heteroatoms. The lowest BCUT2D eigenvalue weighted by Gasteiger charge is -2.37. The second kappa shape index (κ2) is 6.18. The highest BCUT2D eigenvalue weighted by Gasteiger charge is 2.30. The van der Waals surface area contributed by atoms with Crippen molar-refractivity contribution in [3.8, 4) is 0 Å². The standard InChI is InChI=1S/C18H27NO2/c1-18(2,3)15-9-7-12(8-10-15)13-5-4-6-14(11-13)16(19)17(20)21/h4-6,11-12,15-16H,7-10,19H2,1-3H3,(H,20,21). The fourth-order valence-corrected chi connectivity index (χ4v) is 3.44. The number of aliphatic carboxylic acids is 1. The van der Waals surface area contributed by atoms with E-state index in [1.807, 2.05) is 18.2 Å². The van der Waals surface area contributed by atoms with E-state index in [9.17, 15) is 4.79 Å². The van der Waals surface area contributed by atoms with Crippen molar-refractivity contribution in [1.82, 2.24) is 0 Å². The zero-order chi connectivity index (χ0) is 15.6. The molecule has 0 aliphatic heterocycles. The molecule has 0 heterocycles. The Kier molecular flexibility index (Phi) is 4.72. The van der Waals surface area contributed by atoms with Crippen molar-refractivity contribution in [2.75, 3.05) is 0 Å². The van der Waals surface area contributed by atoms with Gasteiger partial charge in [0.25, 0.3) is 0 Å². The Morgan fingerprint density at radius 1 is 1.24 bits per heavy atom. The predicted octanol–water partition coefficient (Wildman–Crippen LogP) is 4.09. The van der Waals surface area contributed by atoms with E-state index in [0.29, 0.717) is 16.9 Å². The molecule has 1 fully saturated rings. The quantitative estimate of drug-likeness (QED) is 0.881. The first-order chi connectivity index (χ1) is 9.79. The fourth-order valence-electron chi connectivity index (χ4n) is 3.44. The molecule has 2 rings (SSSR count). The molecule has 1 atom stereocenters. The number of carboxylic acids is 1. The summed E-state index contributed by atoms with van der Waals surface area (Å²) in [5.41, 5.74) is 8.06. The highest BCUT2D eigenvalue weighted by Crippen LogP contribution is 2.43. The number of hydrogen-bond donors (Lipinski definition) is 2. The van der Waals surface area contributed by atoms with Crippen LogP contribution in [-0.4, -0.2) is 11.1 Å². The first-order valence-corrected chi connectivity index (χ1v) is 7.87. The largest absolute Gasteiger partial charge is 0.480 e. The summed E-state index contributed by atoms with van der Waals surface area (Å²) < 4.78 is 0. The lowest BCUT2D eigenvalue weighted by atomic mass is 9.68. The van der Waals surface area contributed by atoms with Crippen LogP contribution in [0.1, 0.15) is 69.5 Å². The number of carboxylic acid groups (broad SMARTS) is 1. The molecular weight excluding hydrogens is 262 g/mol. The number of rotatable bonds is 3. The van der Waals surface area contributed by atoms with Gasteiger partial charge in [-0.1, -0.05) is 45.0 Å². The van der Waals surface area contributed by atoms with Gasteiger partial charge in [-0.2, -0.15) is 0 Å². The van der Waals surface area contributed by atoms with E-state index in [-0.39, 0.29) is 0 Å². The van der Waals surface area contributed by atoms with Gasteiger partial charge in [-0.25, -0.2) is 0 Å². The molecule has 0 spiro atoms. The summed E-state index contributed by atoms with van der Waals surface area (Å²) >= 11 is 0. The van der Waals surface area contributed by atoms with Crippen LogP contribution in [0.25, 0.3) is 0 Å². The van der Waals surface area contributed by atoms with Gasteiger partial charge in [0.2, 0.25) is 0 Å². The third-order valence-electron chi connectivity index (χ3n) is 4.96. The second-order valence-corrected chi connectivity index (χ2v) is 7.40. The molecule has 1 aromatic rings. The second-order valence-electron chi connectivity index (χ2n) is 7.40. The SMILES string of the molecule is CC(C)(C)C1CCC(c2cccc(C(N)C(=O)O)c2)CC1. The van der Waals surface area contributed by atoms with Crippen LogP contribution in [0.15, 0.2) is 24.3 Å². The molecule has 21 heavy (non-hydrogen) atoms. The third kappa shape index (κ3) is 3.85. The van der Waals surface area contributed by atoms with Crippen molar-refractivity contribution < 1.29 is 9.90 Å². The monoisotopic (exact) mass is 289 g/mol. The van der Waals surface area contributed by atoms with Gasteiger partial charge in [0.1, 0.15) is 6.04 Å². The summed E-state index contributed by atoms with van der Waals surface area (Å²) in [4.78, 5) is 11.0. The molecule has 0 aromatic heterocycles. The van der Waals surface area contributed by atoms with E-state index < -0.39 is 12.0 Å². The van der Waals surface area contributed by atoms with Crippen molar-refractivity contribution in [1.29, 1.82) is 0 Å². The molecule has 1 aliphatic carbocycles. The lowest BCUT2D eigenvalue weighted by Crippen LogP contribution is -2.25. The van der Waals surface area contributed by atoms with Crippen LogP contribution in [0.5, 0.6) is 0 Å². The zero-order valence-corrected chi connectivity index (χ0v) is 13.3. The Hall–Kier alpha value is -1.35. The summed E-state index contributed by atoms with van der Waals surface area (Å²) in [6.07, 6.45) is 4.88. The van der Waals surface area contributed by atoms with Gasteiger partial charge < -0.3 is 10.8 Å². The van der Waals surface area contributed by atoms with Crippen LogP contribution in [0.4, 0.5) is 0 Å². The maximum atomic E-state index is 11.0. The molecular formula is C18H27NO2. The molecule has 3 nitrogen and oxygen atoms in total. The van der Waals surface area contributed by atoms with Crippen molar-refractivity contribution >= 4 is 5.97 Å². The van der Waals surface area contributed by atoms with Crippen molar-refractivity contribution in [2.24, 2.45) is 17.1 Å². The Morgan fingerprint density at radius 3 is 2.38 bits per heavy atom. The minimum atomic E-state index is -0.969. The van der Waals surface area contributed by atoms with E-state index in [2.05, 4.69) is 26.8 Å². The molecule has 1 aromatic carbocycles. The number of hydrogen-bond acceptors (Lipinski definition) is 2. The Balaban J connectivity index is 2.07. The third-order valence-corrected chi connectivity index (χ3v) is 4.96. The zero-order valence-electron chi connectivity index (χ0n) is 13.3. The van der Waals surface area contributed by atoms with E-state index in [1.165, 1.54) is 31.2 Å². The fraction of sp³-hybridized carbons (Fsp3) is 0.611. The van der Waals surface area contributed by atoms with Crippen LogP contribution in [0, 0.1) is 11.3 Å². The van der Waals surface area contributed by atoms with Gasteiger partial charge in [-0.05, 0) is 54.1 Å². The normalized spacial score (nSPS) is 24.6. The molecule has 0 saturated heterocycles. The average Bonchev–Trinajstić information content (AvgIpc) is 2.46. The van der Waals surface area contributed by atoms with Crippen LogP contribution in [0.2, 0.25) is 0 Å². The van der Waals surface area contributed by atoms with E-state index >= 15 is 0 Å². The Morgan fingerprint density at radius 2 is 1.86 bits per heavy atom. The van der Waals surface area contributed by atoms with Gasteiger partial charge >= 0.3 is 5.97 Å². The van der Waals surface area contributed by atoms with Crippen molar-refractivity contribution in [3.63, 3.8) is 0 Å². The molecule has 116 valence electrons. The highest BCUT2D eigenvalue weighted by molar-refractivity contribution is 5.75. The summed E-state index contributed by atoms with van der Waals surface area (Å²) in [5.74, 6) is 0.367. The van der Waals surface area contributed by atoms with Crippen LogP contribution in [0.3, 0.4) is 0 Å². The smallest absolute Gasteiger partial charge is 0.325 e. The molecule has 1 aliphatic rings. The topological polar surface area (TPSA) is 63.3 Å². The predicted molar refractivity (Wildman–Crippen MR) is 85.2 cm³/mol. The molecule has 0 bridgehead atoms. The van der Waals surface area contributed by atoms with E-state index in [4.69, 9.17) is 10.8 Å². The minimum absolute atomic E-state index is 0.387. The van der Waals surface area contributed by atoms with Crippen LogP contribution < -0.4 is 5.73 Å². The Bertz CT molecular complexity index is 496. The summed E-state index contributed by atoms with van der Waals surface area (Å²) in [6.45, 7) is 6.97. The summed E-state index contributed by atoms with van der Waals surface area (Å²) in [6, 6.07) is 6.92. The first kappa shape index (κ1) is 16.0. The molecule has 0 radical (unpaired) electrons. The van der Waals surface area contributed by atoms with Crippen LogP contribution in [-0.2, 0) is 4.79 Å². The molecule has 1 saturated carbocycles. The average molecular weight is 289 g/mol. The van der Waals surface area contributed by atoms with Gasteiger partial charge in [0, 0.05) is 0 Å². The van der Waals surface area contributed by atoms with Crippen molar-refractivity contribution in [3.05, 3.63) is 35.4 Å². The van der Waals surface area contributed by atoms with E-state index in [1.54, 1.807) is 0 Å². The summed E-state index contributed by atoms with van der Waals surface area (Å²) in [5, 5.41) is 9.04. The number of carbonyl (C=O) groups is 1. The van der Waals surface area contributed by atoms with Gasteiger partial charge in [0.05, 0.1) is 0 Å². The first-order valence-electron chi connectivity index (χ1n) is 7.87. The summed E-state index contributed by atoms with van der Waals surface area (Å²) in [7, 11) is 0. The molecule has 1 unspecified atom stereocenters. The number of nitrogens with two attached hydrogens (primary N) is 1. The van der Waals surface area contributed by atoms with Crippen LogP contribution >= 0.6 is 0 Å². The van der Waals surface area contributed by atoms with Crippen molar-refractivity contribution in [2.45, 2.75) is 58.4 Å². The van der Waals surface area contributed by atoms with E-state index in [0.717, 1.165) is 5.92 Å². The number of benzene rings is 1. The van der Waals surface area contributed by atoms with Gasteiger partial charge in [0.15, 0.2) is 0 Å². The lowest BCUT2D eigenvalue weighted by molar-refractivity contribution is -0.138. The Labute approximate surface area is 127 Å². The minimum Gasteiger partial charge on any atom is -0.480 e. The maximum absolute atomic E-state index is 11.0. The van der Waals surface area contributed by atoms with Gasteiger partial charge in [-0.3, -0.25) is 4.79 Å². The van der Waals surface area contributed by atoms with Gasteiger partial charge in [-0.15, -0.1) is 0 Å².